The van der Waals surface area contributed by atoms with Gasteiger partial charge in [-0.15, -0.1) is 0 Å². The van der Waals surface area contributed by atoms with Crippen LogP contribution >= 0.6 is 0 Å². The number of aliphatic hydroxyl groups excluding tert-OH is 1. The van der Waals surface area contributed by atoms with Crippen LogP contribution in [0.15, 0.2) is 0 Å². The predicted octanol–water partition coefficient (Wildman–Crippen LogP) is 5.70. The van der Waals surface area contributed by atoms with Crippen molar-refractivity contribution in [3.8, 4) is 0 Å². The lowest BCUT2D eigenvalue weighted by Crippen LogP contribution is -2.34. The van der Waals surface area contributed by atoms with Gasteiger partial charge >= 0.3 is 0 Å². The standard InChI is InChI=1S/C18H36O/c1-4-5-6-7-8-9-12-17(19)18(15-16(2)3)13-10-11-14-18/h16-17,19H,4-15H2,1-3H3. The fourth-order valence-corrected chi connectivity index (χ4v) is 3.99. The normalized spacial score (nSPS) is 20.1. The Bertz CT molecular complexity index is 216. The number of unbranched alkanes of at least 4 members (excludes halogenated alkanes) is 5. The van der Waals surface area contributed by atoms with Crippen LogP contribution in [0.25, 0.3) is 0 Å². The average molecular weight is 268 g/mol. The van der Waals surface area contributed by atoms with E-state index in [4.69, 9.17) is 0 Å². The van der Waals surface area contributed by atoms with E-state index in [2.05, 4.69) is 20.8 Å². The third kappa shape index (κ3) is 5.85. The zero-order valence-corrected chi connectivity index (χ0v) is 13.6. The Morgan fingerprint density at radius 1 is 0.947 bits per heavy atom. The quantitative estimate of drug-likeness (QED) is 0.503. The van der Waals surface area contributed by atoms with Gasteiger partial charge in [0, 0.05) is 0 Å². The molecule has 1 saturated carbocycles. The molecule has 1 atom stereocenters. The molecule has 0 bridgehead atoms. The molecule has 0 aromatic heterocycles. The van der Waals surface area contributed by atoms with Crippen molar-refractivity contribution in [2.24, 2.45) is 11.3 Å². The minimum absolute atomic E-state index is 0.0384. The Hall–Kier alpha value is -0.0400. The summed E-state index contributed by atoms with van der Waals surface area (Å²) in [6.07, 6.45) is 15.4. The second-order valence-corrected chi connectivity index (χ2v) is 7.24. The molecule has 0 aliphatic heterocycles. The van der Waals surface area contributed by atoms with Crippen LogP contribution < -0.4 is 0 Å². The molecule has 0 heterocycles. The number of aliphatic hydroxyl groups is 1. The summed E-state index contributed by atoms with van der Waals surface area (Å²) >= 11 is 0. The van der Waals surface area contributed by atoms with E-state index in [9.17, 15) is 5.11 Å². The molecule has 0 amide bonds. The van der Waals surface area contributed by atoms with Crippen molar-refractivity contribution in [1.29, 1.82) is 0 Å². The van der Waals surface area contributed by atoms with Gasteiger partial charge in [-0.05, 0) is 37.0 Å². The van der Waals surface area contributed by atoms with Crippen LogP contribution in [0.1, 0.15) is 97.8 Å². The van der Waals surface area contributed by atoms with Gasteiger partial charge in [0.25, 0.3) is 0 Å². The minimum atomic E-state index is -0.0384. The fraction of sp³-hybridized carbons (Fsp3) is 1.00. The van der Waals surface area contributed by atoms with Gasteiger partial charge in [-0.2, -0.15) is 0 Å². The van der Waals surface area contributed by atoms with Crippen LogP contribution in [0.5, 0.6) is 0 Å². The number of hydrogen-bond donors (Lipinski definition) is 1. The first-order chi connectivity index (χ1) is 9.10. The highest BCUT2D eigenvalue weighted by Gasteiger charge is 2.40. The molecule has 1 heteroatoms. The Labute approximate surface area is 121 Å². The van der Waals surface area contributed by atoms with Crippen LogP contribution in [0.2, 0.25) is 0 Å². The van der Waals surface area contributed by atoms with Gasteiger partial charge < -0.3 is 5.11 Å². The second kappa shape index (κ2) is 9.00. The third-order valence-electron chi connectivity index (χ3n) is 4.95. The first-order valence-corrected chi connectivity index (χ1v) is 8.79. The van der Waals surface area contributed by atoms with E-state index >= 15 is 0 Å². The molecule has 0 saturated heterocycles. The van der Waals surface area contributed by atoms with E-state index in [0.29, 0.717) is 0 Å². The molecule has 1 aliphatic carbocycles. The van der Waals surface area contributed by atoms with Gasteiger partial charge in [-0.25, -0.2) is 0 Å². The van der Waals surface area contributed by atoms with E-state index in [-0.39, 0.29) is 11.5 Å². The molecule has 1 nitrogen and oxygen atoms in total. The highest BCUT2D eigenvalue weighted by atomic mass is 16.3. The highest BCUT2D eigenvalue weighted by Crippen LogP contribution is 2.47. The van der Waals surface area contributed by atoms with Crippen molar-refractivity contribution in [1.82, 2.24) is 0 Å². The molecular formula is C18H36O. The maximum absolute atomic E-state index is 10.7. The van der Waals surface area contributed by atoms with Gasteiger partial charge in [0.05, 0.1) is 6.10 Å². The lowest BCUT2D eigenvalue weighted by Gasteiger charge is -2.36. The molecule has 114 valence electrons. The Morgan fingerprint density at radius 2 is 1.53 bits per heavy atom. The van der Waals surface area contributed by atoms with E-state index in [1.54, 1.807) is 0 Å². The number of hydrogen-bond acceptors (Lipinski definition) is 1. The molecule has 19 heavy (non-hydrogen) atoms. The molecule has 1 unspecified atom stereocenters. The minimum Gasteiger partial charge on any atom is -0.393 e. The van der Waals surface area contributed by atoms with Gasteiger partial charge in [0.1, 0.15) is 0 Å². The zero-order chi connectivity index (χ0) is 14.1. The molecule has 0 aromatic carbocycles. The summed E-state index contributed by atoms with van der Waals surface area (Å²) in [4.78, 5) is 0. The van der Waals surface area contributed by atoms with Gasteiger partial charge in [-0.1, -0.05) is 72.1 Å². The third-order valence-corrected chi connectivity index (χ3v) is 4.95. The first-order valence-electron chi connectivity index (χ1n) is 8.79. The summed E-state index contributed by atoms with van der Waals surface area (Å²) < 4.78 is 0. The van der Waals surface area contributed by atoms with Crippen LogP contribution in [0.4, 0.5) is 0 Å². The van der Waals surface area contributed by atoms with Gasteiger partial charge in [-0.3, -0.25) is 0 Å². The Balaban J connectivity index is 2.26. The Morgan fingerprint density at radius 3 is 2.11 bits per heavy atom. The van der Waals surface area contributed by atoms with Crippen LogP contribution in [-0.2, 0) is 0 Å². The van der Waals surface area contributed by atoms with E-state index in [1.807, 2.05) is 0 Å². The largest absolute Gasteiger partial charge is 0.393 e. The summed E-state index contributed by atoms with van der Waals surface area (Å²) in [7, 11) is 0. The van der Waals surface area contributed by atoms with Crippen molar-refractivity contribution in [2.45, 2.75) is 104 Å². The fourth-order valence-electron chi connectivity index (χ4n) is 3.99. The van der Waals surface area contributed by atoms with Crippen molar-refractivity contribution < 1.29 is 5.11 Å². The topological polar surface area (TPSA) is 20.2 Å². The molecule has 1 rings (SSSR count). The smallest absolute Gasteiger partial charge is 0.0596 e. The maximum Gasteiger partial charge on any atom is 0.0596 e. The average Bonchev–Trinajstić information content (AvgIpc) is 2.82. The molecule has 0 radical (unpaired) electrons. The van der Waals surface area contributed by atoms with Crippen molar-refractivity contribution in [3.63, 3.8) is 0 Å². The summed E-state index contributed by atoms with van der Waals surface area (Å²) in [5.41, 5.74) is 0.275. The highest BCUT2D eigenvalue weighted by molar-refractivity contribution is 4.91. The lowest BCUT2D eigenvalue weighted by atomic mass is 9.72. The van der Waals surface area contributed by atoms with E-state index < -0.39 is 0 Å². The van der Waals surface area contributed by atoms with Crippen molar-refractivity contribution in [3.05, 3.63) is 0 Å². The molecule has 1 N–H and O–H groups in total. The zero-order valence-electron chi connectivity index (χ0n) is 13.6. The van der Waals surface area contributed by atoms with Gasteiger partial charge in [0.2, 0.25) is 0 Å². The summed E-state index contributed by atoms with van der Waals surface area (Å²) in [6.45, 7) is 6.87. The molecule has 1 aliphatic rings. The number of rotatable bonds is 10. The molecule has 0 aromatic rings. The lowest BCUT2D eigenvalue weighted by molar-refractivity contribution is 0.00539. The Kier molecular flexibility index (Phi) is 8.06. The summed E-state index contributed by atoms with van der Waals surface area (Å²) in [6, 6.07) is 0. The van der Waals surface area contributed by atoms with Crippen molar-refractivity contribution >= 4 is 0 Å². The first kappa shape index (κ1) is 17.0. The van der Waals surface area contributed by atoms with Crippen LogP contribution in [-0.4, -0.2) is 11.2 Å². The molecular weight excluding hydrogens is 232 g/mol. The molecule has 0 spiro atoms. The van der Waals surface area contributed by atoms with Crippen molar-refractivity contribution in [2.75, 3.05) is 0 Å². The molecule has 1 fully saturated rings. The monoisotopic (exact) mass is 268 g/mol. The SMILES string of the molecule is CCCCCCCCC(O)C1(CC(C)C)CCCC1. The summed E-state index contributed by atoms with van der Waals surface area (Å²) in [5.74, 6) is 0.720. The van der Waals surface area contributed by atoms with Crippen LogP contribution in [0.3, 0.4) is 0 Å². The van der Waals surface area contributed by atoms with Crippen LogP contribution in [0, 0.1) is 11.3 Å². The van der Waals surface area contributed by atoms with Gasteiger partial charge in [0.15, 0.2) is 0 Å². The van der Waals surface area contributed by atoms with E-state index in [1.165, 1.54) is 70.6 Å². The maximum atomic E-state index is 10.7. The van der Waals surface area contributed by atoms with E-state index in [0.717, 1.165) is 12.3 Å². The summed E-state index contributed by atoms with van der Waals surface area (Å²) in [5, 5.41) is 10.7. The second-order valence-electron chi connectivity index (χ2n) is 7.24. The predicted molar refractivity (Wildman–Crippen MR) is 84.4 cm³/mol.